The van der Waals surface area contributed by atoms with Crippen molar-refractivity contribution in [2.24, 2.45) is 0 Å². The van der Waals surface area contributed by atoms with E-state index < -0.39 is 10.8 Å². The molecule has 0 aromatic heterocycles. The van der Waals surface area contributed by atoms with Crippen molar-refractivity contribution < 1.29 is 19.5 Å². The highest BCUT2D eigenvalue weighted by molar-refractivity contribution is 5.65. The van der Waals surface area contributed by atoms with Crippen molar-refractivity contribution in [1.29, 1.82) is 0 Å². The Hall–Kier alpha value is -0.690. The van der Waals surface area contributed by atoms with Crippen LogP contribution in [0, 0.1) is 10.4 Å². The first kappa shape index (κ1) is 9.40. The Labute approximate surface area is 70.0 Å². The third-order valence-corrected chi connectivity index (χ3v) is 1.76. The van der Waals surface area contributed by atoms with Crippen molar-refractivity contribution in [3.63, 3.8) is 0 Å². The summed E-state index contributed by atoms with van der Waals surface area (Å²) in [6.07, 6.45) is 0. The molecule has 1 N–H and O–H groups in total. The SMILES string of the molecule is CC(=O)O[N+]1([O-])CC[NH+]([O-])CC1. The number of rotatable bonds is 1. The van der Waals surface area contributed by atoms with Crippen molar-refractivity contribution in [2.45, 2.75) is 6.92 Å². The van der Waals surface area contributed by atoms with E-state index in [0.29, 0.717) is 0 Å². The van der Waals surface area contributed by atoms with Gasteiger partial charge in [0, 0.05) is 6.92 Å². The van der Waals surface area contributed by atoms with Crippen LogP contribution in [0.3, 0.4) is 0 Å². The van der Waals surface area contributed by atoms with Gasteiger partial charge in [0.15, 0.2) is 13.1 Å². The van der Waals surface area contributed by atoms with Crippen molar-refractivity contribution in [1.82, 2.24) is 0 Å². The zero-order valence-electron chi connectivity index (χ0n) is 6.91. The molecule has 6 heteroatoms. The van der Waals surface area contributed by atoms with E-state index in [-0.39, 0.29) is 31.2 Å². The third kappa shape index (κ3) is 2.42. The van der Waals surface area contributed by atoms with Crippen LogP contribution in [0.4, 0.5) is 0 Å². The van der Waals surface area contributed by atoms with E-state index >= 15 is 0 Å². The molecule has 70 valence electrons. The number of carbonyl (C=O) groups excluding carboxylic acids is 1. The lowest BCUT2D eigenvalue weighted by molar-refractivity contribution is -1.09. The van der Waals surface area contributed by atoms with E-state index in [1.54, 1.807) is 0 Å². The van der Waals surface area contributed by atoms with E-state index in [0.717, 1.165) is 0 Å². The molecule has 0 radical (unpaired) electrons. The van der Waals surface area contributed by atoms with Gasteiger partial charge in [0.25, 0.3) is 0 Å². The van der Waals surface area contributed by atoms with Crippen LogP contribution in [0.2, 0.25) is 0 Å². The molecule has 0 unspecified atom stereocenters. The lowest BCUT2D eigenvalue weighted by atomic mass is 10.4. The highest BCUT2D eigenvalue weighted by Crippen LogP contribution is 2.05. The largest absolute Gasteiger partial charge is 0.634 e. The molecule has 6 nitrogen and oxygen atoms in total. The van der Waals surface area contributed by atoms with Crippen LogP contribution in [0.15, 0.2) is 0 Å². The second-order valence-electron chi connectivity index (χ2n) is 2.88. The smallest absolute Gasteiger partial charge is 0.364 e. The maximum absolute atomic E-state index is 11.4. The monoisotopic (exact) mass is 176 g/mol. The Balaban J connectivity index is 2.44. The maximum atomic E-state index is 11.4. The summed E-state index contributed by atoms with van der Waals surface area (Å²) in [5, 5.41) is 22.2. The van der Waals surface area contributed by atoms with Crippen molar-refractivity contribution in [3.05, 3.63) is 10.4 Å². The van der Waals surface area contributed by atoms with E-state index in [1.807, 2.05) is 0 Å². The first-order valence-electron chi connectivity index (χ1n) is 3.82. The summed E-state index contributed by atoms with van der Waals surface area (Å²) < 4.78 is 0. The summed E-state index contributed by atoms with van der Waals surface area (Å²) in [4.78, 5) is 14.0. The van der Waals surface area contributed by atoms with Gasteiger partial charge < -0.3 is 15.5 Å². The molecule has 0 aliphatic carbocycles. The highest BCUT2D eigenvalue weighted by Gasteiger charge is 2.28. The summed E-state index contributed by atoms with van der Waals surface area (Å²) in [5.74, 6) is -0.598. The van der Waals surface area contributed by atoms with Gasteiger partial charge >= 0.3 is 5.97 Å². The first-order valence-corrected chi connectivity index (χ1v) is 3.82. The van der Waals surface area contributed by atoms with Crippen LogP contribution in [-0.4, -0.2) is 37.0 Å². The highest BCUT2D eigenvalue weighted by atomic mass is 16.9. The van der Waals surface area contributed by atoms with E-state index in [1.165, 1.54) is 6.92 Å². The minimum absolute atomic E-state index is 0.0540. The number of nitrogens with one attached hydrogen (secondary N) is 1. The molecule has 0 amide bonds. The van der Waals surface area contributed by atoms with Crippen LogP contribution in [0.1, 0.15) is 6.92 Å². The Morgan fingerprint density at radius 1 is 1.50 bits per heavy atom. The molecule has 0 bridgehead atoms. The number of carbonyl (C=O) groups is 1. The number of hydrogen-bond donors (Lipinski definition) is 1. The molecule has 1 rings (SSSR count). The van der Waals surface area contributed by atoms with Gasteiger partial charge in [0.1, 0.15) is 13.1 Å². The predicted octanol–water partition coefficient (Wildman–Crippen LogP) is -1.82. The van der Waals surface area contributed by atoms with E-state index in [9.17, 15) is 15.2 Å². The average molecular weight is 176 g/mol. The van der Waals surface area contributed by atoms with Crippen LogP contribution < -0.4 is 5.06 Å². The lowest BCUT2D eigenvalue weighted by Crippen LogP contribution is -3.11. The van der Waals surface area contributed by atoms with E-state index in [4.69, 9.17) is 0 Å². The Bertz CT molecular complexity index is 176. The molecular weight excluding hydrogens is 164 g/mol. The van der Waals surface area contributed by atoms with E-state index in [2.05, 4.69) is 4.84 Å². The molecule has 0 aromatic carbocycles. The molecule has 0 atom stereocenters. The van der Waals surface area contributed by atoms with Crippen molar-refractivity contribution >= 4 is 5.97 Å². The molecule has 1 fully saturated rings. The number of nitrogens with zero attached hydrogens (tertiary/aromatic N) is 1. The Kier molecular flexibility index (Phi) is 2.63. The molecule has 0 spiro atoms. The van der Waals surface area contributed by atoms with Gasteiger partial charge in [-0.3, -0.25) is 4.84 Å². The minimum Gasteiger partial charge on any atom is -0.634 e. The summed E-state index contributed by atoms with van der Waals surface area (Å²) >= 11 is 0. The number of hydrogen-bond acceptors (Lipinski definition) is 4. The normalized spacial score (nSPS) is 36.1. The van der Waals surface area contributed by atoms with Crippen molar-refractivity contribution in [3.8, 4) is 0 Å². The fraction of sp³-hybridized carbons (Fsp3) is 0.833. The number of hydroxylamine groups is 6. The molecule has 1 aliphatic rings. The van der Waals surface area contributed by atoms with Gasteiger partial charge in [-0.15, -0.1) is 0 Å². The molecule has 1 heterocycles. The van der Waals surface area contributed by atoms with Gasteiger partial charge in [0.05, 0.1) is 0 Å². The van der Waals surface area contributed by atoms with Crippen molar-refractivity contribution in [2.75, 3.05) is 26.2 Å². The van der Waals surface area contributed by atoms with Crippen LogP contribution in [-0.2, 0) is 9.63 Å². The predicted molar refractivity (Wildman–Crippen MR) is 39.2 cm³/mol. The summed E-state index contributed by atoms with van der Waals surface area (Å²) in [7, 11) is 0. The molecule has 0 saturated carbocycles. The Morgan fingerprint density at radius 3 is 2.42 bits per heavy atom. The quantitative estimate of drug-likeness (QED) is 0.377. The average Bonchev–Trinajstić information content (AvgIpc) is 1.94. The fourth-order valence-electron chi connectivity index (χ4n) is 1.15. The lowest BCUT2D eigenvalue weighted by Gasteiger charge is -2.42. The van der Waals surface area contributed by atoms with Gasteiger partial charge in [0.2, 0.25) is 0 Å². The van der Waals surface area contributed by atoms with Gasteiger partial charge in [-0.1, -0.05) is 0 Å². The fourth-order valence-corrected chi connectivity index (χ4v) is 1.15. The number of quaternary nitrogens is 2. The maximum Gasteiger partial charge on any atom is 0.364 e. The molecule has 12 heavy (non-hydrogen) atoms. The second-order valence-corrected chi connectivity index (χ2v) is 2.88. The molecule has 1 saturated heterocycles. The third-order valence-electron chi connectivity index (χ3n) is 1.76. The standard InChI is InChI=1S/C6H12N2O4/c1-6(9)12-8(11)4-2-7(10)3-5-8/h7H,2-5H2,1H3. The van der Waals surface area contributed by atoms with Gasteiger partial charge in [-0.05, 0) is 0 Å². The van der Waals surface area contributed by atoms with Crippen LogP contribution >= 0.6 is 0 Å². The molecule has 1 aliphatic heterocycles. The molecular formula is C6H12N2O4. The number of piperazine rings is 1. The van der Waals surface area contributed by atoms with Gasteiger partial charge in [-0.2, -0.15) is 4.81 Å². The summed E-state index contributed by atoms with van der Waals surface area (Å²) in [5.41, 5.74) is 0. The summed E-state index contributed by atoms with van der Waals surface area (Å²) in [6.45, 7) is 1.71. The Morgan fingerprint density at radius 2 is 2.00 bits per heavy atom. The molecule has 0 aromatic rings. The zero-order chi connectivity index (χ0) is 9.19. The zero-order valence-corrected chi connectivity index (χ0v) is 6.91. The second kappa shape index (κ2) is 3.36. The minimum atomic E-state index is -0.999. The first-order chi connectivity index (χ1) is 5.52. The van der Waals surface area contributed by atoms with Crippen LogP contribution in [0.25, 0.3) is 0 Å². The topological polar surface area (TPSA) is 76.9 Å². The van der Waals surface area contributed by atoms with Gasteiger partial charge in [-0.25, -0.2) is 4.79 Å². The summed E-state index contributed by atoms with van der Waals surface area (Å²) in [6, 6.07) is 0. The van der Waals surface area contributed by atoms with Crippen LogP contribution in [0.5, 0.6) is 0 Å².